The molecule has 0 fully saturated rings. The third-order valence-electron chi connectivity index (χ3n) is 5.95. The molecular formula is C24H21ClN4O2SSi. The summed E-state index contributed by atoms with van der Waals surface area (Å²) in [7, 11) is 0.118. The number of rotatable bonds is 4. The highest BCUT2D eigenvalue weighted by Gasteiger charge is 2.41. The van der Waals surface area contributed by atoms with Gasteiger partial charge in [0.05, 0.1) is 11.6 Å². The average Bonchev–Trinajstić information content (AvgIpc) is 3.44. The summed E-state index contributed by atoms with van der Waals surface area (Å²) in [6.07, 6.45) is 5.07. The second kappa shape index (κ2) is 8.07. The molecule has 0 saturated heterocycles. The Morgan fingerprint density at radius 2 is 1.79 bits per heavy atom. The fourth-order valence-electron chi connectivity index (χ4n) is 4.17. The number of pyridine rings is 2. The zero-order valence-corrected chi connectivity index (χ0v) is 20.9. The van der Waals surface area contributed by atoms with Crippen molar-refractivity contribution in [2.24, 2.45) is 14.1 Å². The lowest BCUT2D eigenvalue weighted by Gasteiger charge is -2.27. The zero-order chi connectivity index (χ0) is 23.3. The Balaban J connectivity index is 1.83. The van der Waals surface area contributed by atoms with Crippen LogP contribution in [0.4, 0.5) is 0 Å². The number of aromatic nitrogens is 4. The van der Waals surface area contributed by atoms with Gasteiger partial charge in [0.15, 0.2) is 0 Å². The van der Waals surface area contributed by atoms with Crippen LogP contribution >= 0.6 is 22.9 Å². The molecule has 0 amide bonds. The molecule has 5 rings (SSSR count). The van der Waals surface area contributed by atoms with E-state index in [4.69, 9.17) is 11.6 Å². The minimum atomic E-state index is -3.46. The van der Waals surface area contributed by atoms with E-state index >= 15 is 0 Å². The summed E-state index contributed by atoms with van der Waals surface area (Å²) < 4.78 is 3.38. The van der Waals surface area contributed by atoms with Gasteiger partial charge < -0.3 is 9.36 Å². The Labute approximate surface area is 200 Å². The molecule has 4 aromatic heterocycles. The molecule has 1 N–H and O–H groups in total. The van der Waals surface area contributed by atoms with Crippen molar-refractivity contribution in [2.45, 2.75) is 6.92 Å². The maximum Gasteiger partial charge on any atom is 0.305 e. The van der Waals surface area contributed by atoms with Gasteiger partial charge in [-0.1, -0.05) is 23.7 Å². The molecule has 166 valence electrons. The first kappa shape index (κ1) is 21.8. The number of thiophene rings is 1. The Kier molecular flexibility index (Phi) is 5.33. The summed E-state index contributed by atoms with van der Waals surface area (Å²) >= 11 is 7.76. The van der Waals surface area contributed by atoms with E-state index < -0.39 is 8.32 Å². The van der Waals surface area contributed by atoms with Crippen LogP contribution in [0.25, 0.3) is 21.5 Å². The first-order valence-corrected chi connectivity index (χ1v) is 13.5. The largest absolute Gasteiger partial charge is 0.420 e. The molecule has 0 aliphatic heterocycles. The van der Waals surface area contributed by atoms with Gasteiger partial charge in [-0.15, -0.1) is 11.3 Å². The van der Waals surface area contributed by atoms with Gasteiger partial charge in [-0.3, -0.25) is 9.36 Å². The fraction of sp³-hybridized carbons (Fsp3) is 0.125. The van der Waals surface area contributed by atoms with E-state index in [-0.39, 0.29) is 5.56 Å². The molecule has 6 nitrogen and oxygen atoms in total. The summed E-state index contributed by atoms with van der Waals surface area (Å²) in [4.78, 5) is 36.1. The van der Waals surface area contributed by atoms with Crippen molar-refractivity contribution in [3.05, 3.63) is 87.5 Å². The van der Waals surface area contributed by atoms with E-state index in [1.807, 2.05) is 48.9 Å². The van der Waals surface area contributed by atoms with Crippen molar-refractivity contribution in [3.63, 3.8) is 0 Å². The van der Waals surface area contributed by atoms with Crippen LogP contribution in [0.3, 0.4) is 0 Å². The molecule has 0 aliphatic carbocycles. The SMILES string of the molecule is Cc1ccc(-c2cc(=O)n(C)c3ncc([Si@](O)(c4ccc(Cl)cc4)c4cncn4C)cc23)s1. The summed E-state index contributed by atoms with van der Waals surface area (Å²) in [5.41, 5.74) is 1.27. The zero-order valence-electron chi connectivity index (χ0n) is 18.3. The average molecular weight is 493 g/mol. The number of benzene rings is 1. The number of hydrogen-bond donors (Lipinski definition) is 1. The van der Waals surface area contributed by atoms with Crippen molar-refractivity contribution >= 4 is 58.0 Å². The summed E-state index contributed by atoms with van der Waals surface area (Å²) in [5.74, 6) is 0. The second-order valence-corrected chi connectivity index (χ2v) is 12.9. The first-order chi connectivity index (χ1) is 15.8. The molecule has 0 saturated carbocycles. The molecule has 0 spiro atoms. The van der Waals surface area contributed by atoms with Gasteiger partial charge in [0.25, 0.3) is 5.56 Å². The number of fused-ring (bicyclic) bond motifs is 1. The van der Waals surface area contributed by atoms with Crippen molar-refractivity contribution < 1.29 is 4.80 Å². The number of hydrogen-bond acceptors (Lipinski definition) is 5. The molecule has 4 heterocycles. The van der Waals surface area contributed by atoms with E-state index in [9.17, 15) is 9.59 Å². The minimum Gasteiger partial charge on any atom is -0.420 e. The van der Waals surface area contributed by atoms with Crippen LogP contribution in [0, 0.1) is 6.92 Å². The molecule has 0 aliphatic rings. The highest BCUT2D eigenvalue weighted by Crippen LogP contribution is 2.31. The van der Waals surface area contributed by atoms with Crippen molar-refractivity contribution in [2.75, 3.05) is 0 Å². The van der Waals surface area contributed by atoms with Gasteiger partial charge in [0.1, 0.15) is 5.65 Å². The second-order valence-electron chi connectivity index (χ2n) is 8.07. The summed E-state index contributed by atoms with van der Waals surface area (Å²) in [5, 5.41) is 3.62. The maximum atomic E-state index is 12.7. The molecule has 1 atom stereocenters. The summed E-state index contributed by atoms with van der Waals surface area (Å²) in [6, 6.07) is 14.9. The van der Waals surface area contributed by atoms with E-state index in [0.717, 1.165) is 31.2 Å². The number of halogens is 1. The summed E-state index contributed by atoms with van der Waals surface area (Å²) in [6.45, 7) is 2.04. The Morgan fingerprint density at radius 3 is 2.42 bits per heavy atom. The van der Waals surface area contributed by atoms with Gasteiger partial charge >= 0.3 is 8.32 Å². The predicted octanol–water partition coefficient (Wildman–Crippen LogP) is 2.32. The van der Waals surface area contributed by atoms with Gasteiger partial charge in [-0.05, 0) is 47.6 Å². The quantitative estimate of drug-likeness (QED) is 0.391. The molecular weight excluding hydrogens is 472 g/mol. The smallest absolute Gasteiger partial charge is 0.305 e. The Bertz CT molecular complexity index is 1560. The molecule has 1 aromatic carbocycles. The first-order valence-electron chi connectivity index (χ1n) is 10.3. The lowest BCUT2D eigenvalue weighted by atomic mass is 10.1. The molecule has 0 radical (unpaired) electrons. The third kappa shape index (κ3) is 3.55. The molecule has 0 unspecified atom stereocenters. The third-order valence-corrected chi connectivity index (χ3v) is 10.7. The van der Waals surface area contributed by atoms with E-state index in [1.165, 1.54) is 4.57 Å². The van der Waals surface area contributed by atoms with Crippen LogP contribution < -0.4 is 21.2 Å². The standard InChI is InChI=1S/C24H21ClN4O2SSi/c1-15-4-9-21(32-15)19-11-22(30)29(3)24-20(19)10-18(12-27-24)33(31,23-13-26-14-28(23)2)17-7-5-16(25)6-8-17/h4-14,31H,1-3H3/t33-/m1/s1. The molecule has 9 heteroatoms. The van der Waals surface area contributed by atoms with Crippen molar-refractivity contribution in [3.8, 4) is 10.4 Å². The minimum absolute atomic E-state index is 0.124. The van der Waals surface area contributed by atoms with Crippen LogP contribution in [0.2, 0.25) is 5.02 Å². The number of aryl methyl sites for hydroxylation is 3. The number of nitrogens with zero attached hydrogens (tertiary/aromatic N) is 4. The van der Waals surface area contributed by atoms with Crippen LogP contribution in [0.1, 0.15) is 4.88 Å². The van der Waals surface area contributed by atoms with E-state index in [1.54, 1.807) is 55.3 Å². The van der Waals surface area contributed by atoms with Crippen LogP contribution in [0.5, 0.6) is 0 Å². The Hall–Kier alpha value is -3.04. The maximum absolute atomic E-state index is 12.7. The molecule has 33 heavy (non-hydrogen) atoms. The topological polar surface area (TPSA) is 72.9 Å². The van der Waals surface area contributed by atoms with E-state index in [2.05, 4.69) is 9.97 Å². The lowest BCUT2D eigenvalue weighted by molar-refractivity contribution is 0.579. The van der Waals surface area contributed by atoms with Gasteiger partial charge in [-0.25, -0.2) is 9.97 Å². The molecule has 0 bridgehead atoms. The lowest BCUT2D eigenvalue weighted by Crippen LogP contribution is -2.69. The molecule has 5 aromatic rings. The van der Waals surface area contributed by atoms with Crippen LogP contribution in [-0.4, -0.2) is 32.2 Å². The Morgan fingerprint density at radius 1 is 1.03 bits per heavy atom. The highest BCUT2D eigenvalue weighted by molar-refractivity contribution is 7.15. The monoisotopic (exact) mass is 492 g/mol. The van der Waals surface area contributed by atoms with Gasteiger partial charge in [-0.2, -0.15) is 0 Å². The van der Waals surface area contributed by atoms with Crippen molar-refractivity contribution in [1.29, 1.82) is 0 Å². The van der Waals surface area contributed by atoms with Gasteiger partial charge in [0.2, 0.25) is 0 Å². The highest BCUT2D eigenvalue weighted by atomic mass is 35.5. The van der Waals surface area contributed by atoms with Gasteiger partial charge in [0, 0.05) is 58.3 Å². The normalized spacial score (nSPS) is 13.4. The van der Waals surface area contributed by atoms with Crippen LogP contribution in [0.15, 0.2) is 72.0 Å². The van der Waals surface area contributed by atoms with Crippen molar-refractivity contribution in [1.82, 2.24) is 19.1 Å². The van der Waals surface area contributed by atoms with E-state index in [0.29, 0.717) is 15.9 Å². The predicted molar refractivity (Wildman–Crippen MR) is 137 cm³/mol. The fourth-order valence-corrected chi connectivity index (χ4v) is 8.20. The van der Waals surface area contributed by atoms with Crippen LogP contribution in [-0.2, 0) is 14.1 Å². The number of imidazole rings is 1.